The van der Waals surface area contributed by atoms with Gasteiger partial charge in [0.15, 0.2) is 0 Å². The van der Waals surface area contributed by atoms with Crippen molar-refractivity contribution < 1.29 is 9.18 Å². The van der Waals surface area contributed by atoms with Crippen LogP contribution in [0.2, 0.25) is 0 Å². The van der Waals surface area contributed by atoms with E-state index in [-0.39, 0.29) is 11.7 Å². The molecule has 1 saturated heterocycles. The number of hydrogen-bond acceptors (Lipinski definition) is 3. The first-order chi connectivity index (χ1) is 11.0. The lowest BCUT2D eigenvalue weighted by atomic mass is 10.0. The molecule has 1 aliphatic rings. The van der Waals surface area contributed by atoms with Gasteiger partial charge in [-0.25, -0.2) is 4.39 Å². The Hall–Kier alpha value is -2.21. The topological polar surface area (TPSA) is 52.2 Å². The summed E-state index contributed by atoms with van der Waals surface area (Å²) < 4.78 is 13.0. The van der Waals surface area contributed by atoms with Gasteiger partial charge in [0.2, 0.25) is 0 Å². The van der Waals surface area contributed by atoms with Crippen molar-refractivity contribution in [2.75, 3.05) is 27.2 Å². The minimum absolute atomic E-state index is 0.0249. The Balaban J connectivity index is 1.68. The molecule has 2 heterocycles. The molecule has 5 nitrogen and oxygen atoms in total. The van der Waals surface area contributed by atoms with Crippen molar-refractivity contribution >= 4 is 5.91 Å². The fourth-order valence-electron chi connectivity index (χ4n) is 2.96. The number of benzene rings is 1. The summed E-state index contributed by atoms with van der Waals surface area (Å²) >= 11 is 0. The number of piperidine rings is 1. The Morgan fingerprint density at radius 2 is 1.91 bits per heavy atom. The van der Waals surface area contributed by atoms with Crippen molar-refractivity contribution in [1.29, 1.82) is 0 Å². The van der Waals surface area contributed by atoms with Gasteiger partial charge in [0, 0.05) is 24.7 Å². The van der Waals surface area contributed by atoms with Crippen molar-refractivity contribution in [2.24, 2.45) is 0 Å². The second kappa shape index (κ2) is 6.50. The smallest absolute Gasteiger partial charge is 0.271 e. The zero-order valence-electron chi connectivity index (χ0n) is 13.4. The zero-order valence-corrected chi connectivity index (χ0v) is 13.4. The van der Waals surface area contributed by atoms with Crippen LogP contribution in [0.1, 0.15) is 23.3 Å². The highest BCUT2D eigenvalue weighted by Gasteiger charge is 2.25. The molecule has 1 amide bonds. The van der Waals surface area contributed by atoms with Gasteiger partial charge in [0.25, 0.3) is 5.91 Å². The number of aromatic nitrogens is 2. The van der Waals surface area contributed by atoms with E-state index in [1.807, 2.05) is 4.90 Å². The summed E-state index contributed by atoms with van der Waals surface area (Å²) in [7, 11) is 4.15. The predicted octanol–water partition coefficient (Wildman–Crippen LogP) is 2.38. The van der Waals surface area contributed by atoms with Gasteiger partial charge in [0.1, 0.15) is 11.5 Å². The first-order valence-corrected chi connectivity index (χ1v) is 7.81. The Morgan fingerprint density at radius 3 is 2.52 bits per heavy atom. The first-order valence-electron chi connectivity index (χ1n) is 7.81. The van der Waals surface area contributed by atoms with Gasteiger partial charge in [-0.1, -0.05) is 0 Å². The zero-order chi connectivity index (χ0) is 16.4. The standard InChI is InChI=1S/C17H21FN4O/c1-21(2)14-7-9-22(10-8-14)17(23)16-11-15(19-20-16)12-3-5-13(18)6-4-12/h3-6,11,14H,7-10H2,1-2H3,(H,19,20). The normalized spacial score (nSPS) is 16.1. The van der Waals surface area contributed by atoms with E-state index in [0.717, 1.165) is 31.5 Å². The van der Waals surface area contributed by atoms with Crippen molar-refractivity contribution in [1.82, 2.24) is 20.0 Å². The van der Waals surface area contributed by atoms with Crippen LogP contribution in [0.25, 0.3) is 11.3 Å². The highest BCUT2D eigenvalue weighted by atomic mass is 19.1. The number of carbonyl (C=O) groups is 1. The number of likely N-dealkylation sites (tertiary alicyclic amines) is 1. The summed E-state index contributed by atoms with van der Waals surface area (Å²) in [5.74, 6) is -0.313. The molecule has 0 aliphatic carbocycles. The summed E-state index contributed by atoms with van der Waals surface area (Å²) in [5, 5.41) is 6.98. The number of halogens is 1. The minimum Gasteiger partial charge on any atom is -0.337 e. The summed E-state index contributed by atoms with van der Waals surface area (Å²) in [4.78, 5) is 16.6. The maximum absolute atomic E-state index is 13.0. The Bertz CT molecular complexity index is 672. The largest absolute Gasteiger partial charge is 0.337 e. The molecule has 0 atom stereocenters. The lowest BCUT2D eigenvalue weighted by Crippen LogP contribution is -2.44. The number of amides is 1. The number of nitrogens with one attached hydrogen (secondary N) is 1. The SMILES string of the molecule is CN(C)C1CCN(C(=O)c2cc(-c3ccc(F)cc3)n[nH]2)CC1. The quantitative estimate of drug-likeness (QED) is 0.946. The fourth-order valence-corrected chi connectivity index (χ4v) is 2.96. The summed E-state index contributed by atoms with van der Waals surface area (Å²) in [5.41, 5.74) is 1.91. The highest BCUT2D eigenvalue weighted by Crippen LogP contribution is 2.20. The molecule has 1 N–H and O–H groups in total. The van der Waals surface area contributed by atoms with Crippen molar-refractivity contribution in [3.8, 4) is 11.3 Å². The van der Waals surface area contributed by atoms with Crippen LogP contribution in [0.5, 0.6) is 0 Å². The molecule has 1 fully saturated rings. The Labute approximate surface area is 135 Å². The molecule has 122 valence electrons. The van der Waals surface area contributed by atoms with Crippen LogP contribution in [0.4, 0.5) is 4.39 Å². The van der Waals surface area contributed by atoms with Gasteiger partial charge in [-0.05, 0) is 57.3 Å². The van der Waals surface area contributed by atoms with Crippen molar-refractivity contribution in [2.45, 2.75) is 18.9 Å². The van der Waals surface area contributed by atoms with E-state index in [4.69, 9.17) is 0 Å². The molecule has 1 aromatic heterocycles. The van der Waals surface area contributed by atoms with Crippen LogP contribution in [0.15, 0.2) is 30.3 Å². The number of carbonyl (C=O) groups excluding carboxylic acids is 1. The van der Waals surface area contributed by atoms with Gasteiger partial charge < -0.3 is 9.80 Å². The molecular weight excluding hydrogens is 295 g/mol. The second-order valence-electron chi connectivity index (χ2n) is 6.16. The van der Waals surface area contributed by atoms with Crippen LogP contribution in [-0.2, 0) is 0 Å². The van der Waals surface area contributed by atoms with Crippen LogP contribution < -0.4 is 0 Å². The number of rotatable bonds is 3. The third-order valence-corrected chi connectivity index (χ3v) is 4.43. The monoisotopic (exact) mass is 316 g/mol. The number of H-pyrrole nitrogens is 1. The molecule has 0 spiro atoms. The van der Waals surface area contributed by atoms with Crippen LogP contribution in [0, 0.1) is 5.82 Å². The molecule has 1 aliphatic heterocycles. The van der Waals surface area contributed by atoms with Crippen LogP contribution in [0.3, 0.4) is 0 Å². The van der Waals surface area contributed by atoms with Gasteiger partial charge in [-0.3, -0.25) is 9.89 Å². The van der Waals surface area contributed by atoms with Crippen LogP contribution in [-0.4, -0.2) is 59.1 Å². The molecule has 0 bridgehead atoms. The maximum atomic E-state index is 13.0. The fraction of sp³-hybridized carbons (Fsp3) is 0.412. The third kappa shape index (κ3) is 3.42. The molecular formula is C17H21FN4O. The maximum Gasteiger partial charge on any atom is 0.271 e. The van der Waals surface area contributed by atoms with Crippen LogP contribution >= 0.6 is 0 Å². The molecule has 0 unspecified atom stereocenters. The molecule has 3 rings (SSSR count). The Morgan fingerprint density at radius 1 is 1.26 bits per heavy atom. The number of hydrogen-bond donors (Lipinski definition) is 1. The van der Waals surface area contributed by atoms with E-state index in [2.05, 4.69) is 29.2 Å². The molecule has 0 radical (unpaired) electrons. The lowest BCUT2D eigenvalue weighted by Gasteiger charge is -2.34. The highest BCUT2D eigenvalue weighted by molar-refractivity contribution is 5.93. The van der Waals surface area contributed by atoms with E-state index in [0.29, 0.717) is 17.4 Å². The second-order valence-corrected chi connectivity index (χ2v) is 6.16. The molecule has 6 heteroatoms. The average Bonchev–Trinajstić information content (AvgIpc) is 3.05. The van der Waals surface area contributed by atoms with E-state index in [9.17, 15) is 9.18 Å². The van der Waals surface area contributed by atoms with E-state index in [1.165, 1.54) is 12.1 Å². The van der Waals surface area contributed by atoms with Gasteiger partial charge in [-0.2, -0.15) is 5.10 Å². The van der Waals surface area contributed by atoms with E-state index < -0.39 is 0 Å². The first kappa shape index (κ1) is 15.7. The lowest BCUT2D eigenvalue weighted by molar-refractivity contribution is 0.0657. The Kier molecular flexibility index (Phi) is 4.43. The van der Waals surface area contributed by atoms with Gasteiger partial charge in [0.05, 0.1) is 5.69 Å². The summed E-state index contributed by atoms with van der Waals surface area (Å²) in [6, 6.07) is 8.35. The molecule has 2 aromatic rings. The van der Waals surface area contributed by atoms with Gasteiger partial charge in [-0.15, -0.1) is 0 Å². The van der Waals surface area contributed by atoms with Crippen molar-refractivity contribution in [3.05, 3.63) is 41.8 Å². The minimum atomic E-state index is -0.288. The van der Waals surface area contributed by atoms with Crippen molar-refractivity contribution in [3.63, 3.8) is 0 Å². The van der Waals surface area contributed by atoms with E-state index in [1.54, 1.807) is 18.2 Å². The number of nitrogens with zero attached hydrogens (tertiary/aromatic N) is 3. The molecule has 0 saturated carbocycles. The predicted molar refractivity (Wildman–Crippen MR) is 86.6 cm³/mol. The van der Waals surface area contributed by atoms with Gasteiger partial charge >= 0.3 is 0 Å². The van der Waals surface area contributed by atoms with E-state index >= 15 is 0 Å². The number of aromatic amines is 1. The average molecular weight is 316 g/mol. The summed E-state index contributed by atoms with van der Waals surface area (Å²) in [6.45, 7) is 1.51. The third-order valence-electron chi connectivity index (χ3n) is 4.43. The molecule has 23 heavy (non-hydrogen) atoms. The summed E-state index contributed by atoms with van der Waals surface area (Å²) in [6.07, 6.45) is 1.97. The molecule has 1 aromatic carbocycles.